The Kier molecular flexibility index (Phi) is 7.09. The number of alkyl halides is 1. The normalized spacial score (nSPS) is 13.3. The van der Waals surface area contributed by atoms with E-state index in [1.54, 1.807) is 12.4 Å². The van der Waals surface area contributed by atoms with Crippen LogP contribution in [-0.2, 0) is 17.9 Å². The number of carbonyl (C=O) groups is 1. The van der Waals surface area contributed by atoms with Gasteiger partial charge in [0.15, 0.2) is 0 Å². The van der Waals surface area contributed by atoms with Crippen LogP contribution >= 0.6 is 11.6 Å². The molecule has 0 aliphatic heterocycles. The van der Waals surface area contributed by atoms with Gasteiger partial charge in [-0.1, -0.05) is 11.6 Å². The van der Waals surface area contributed by atoms with E-state index in [9.17, 15) is 9.18 Å². The Balaban J connectivity index is 1.52. The van der Waals surface area contributed by atoms with Crippen molar-refractivity contribution in [2.75, 3.05) is 30.5 Å². The van der Waals surface area contributed by atoms with Gasteiger partial charge in [-0.25, -0.2) is 4.98 Å². The van der Waals surface area contributed by atoms with E-state index in [1.165, 1.54) is 0 Å². The SMILES string of the molecule is CN(Cc1nc2cc(Cl)ccc2n1CCCCF)c1cnccc1NCC(=O)NC1CC1. The quantitative estimate of drug-likeness (QED) is 0.422. The predicted molar refractivity (Wildman–Crippen MR) is 126 cm³/mol. The highest BCUT2D eigenvalue weighted by atomic mass is 35.5. The van der Waals surface area contributed by atoms with Crippen molar-refractivity contribution in [2.24, 2.45) is 0 Å². The van der Waals surface area contributed by atoms with E-state index in [0.29, 0.717) is 30.6 Å². The number of benzene rings is 1. The molecule has 2 aromatic heterocycles. The fraction of sp³-hybridized carbons (Fsp3) is 0.435. The lowest BCUT2D eigenvalue weighted by atomic mass is 10.3. The third-order valence-electron chi connectivity index (χ3n) is 5.53. The van der Waals surface area contributed by atoms with Gasteiger partial charge in [0, 0.05) is 30.9 Å². The van der Waals surface area contributed by atoms with Gasteiger partial charge in [0.05, 0.1) is 48.4 Å². The minimum atomic E-state index is -0.327. The lowest BCUT2D eigenvalue weighted by molar-refractivity contribution is -0.119. The Morgan fingerprint density at radius 3 is 2.94 bits per heavy atom. The lowest BCUT2D eigenvalue weighted by Gasteiger charge is -2.22. The number of amides is 1. The van der Waals surface area contributed by atoms with Crippen LogP contribution in [0.3, 0.4) is 0 Å². The highest BCUT2D eigenvalue weighted by Gasteiger charge is 2.23. The number of anilines is 2. The summed E-state index contributed by atoms with van der Waals surface area (Å²) in [4.78, 5) is 23.2. The number of fused-ring (bicyclic) bond motifs is 1. The number of pyridine rings is 1. The molecule has 1 aromatic carbocycles. The minimum Gasteiger partial charge on any atom is -0.374 e. The molecule has 1 aliphatic rings. The lowest BCUT2D eigenvalue weighted by Crippen LogP contribution is -2.31. The second-order valence-corrected chi connectivity index (χ2v) is 8.59. The van der Waals surface area contributed by atoms with E-state index in [-0.39, 0.29) is 19.1 Å². The number of hydrogen-bond donors (Lipinski definition) is 2. The molecule has 9 heteroatoms. The highest BCUT2D eigenvalue weighted by molar-refractivity contribution is 6.31. The van der Waals surface area contributed by atoms with Gasteiger partial charge in [-0.2, -0.15) is 0 Å². The first-order valence-electron chi connectivity index (χ1n) is 10.9. The van der Waals surface area contributed by atoms with Crippen LogP contribution in [0.5, 0.6) is 0 Å². The van der Waals surface area contributed by atoms with Gasteiger partial charge in [-0.15, -0.1) is 0 Å². The number of aryl methyl sites for hydroxylation is 1. The fourth-order valence-corrected chi connectivity index (χ4v) is 3.87. The van der Waals surface area contributed by atoms with Crippen LogP contribution in [-0.4, -0.2) is 46.8 Å². The summed E-state index contributed by atoms with van der Waals surface area (Å²) in [7, 11) is 1.96. The van der Waals surface area contributed by atoms with Crippen molar-refractivity contribution in [3.05, 3.63) is 47.5 Å². The topological polar surface area (TPSA) is 75.1 Å². The molecule has 4 rings (SSSR count). The van der Waals surface area contributed by atoms with Crippen molar-refractivity contribution < 1.29 is 9.18 Å². The van der Waals surface area contributed by atoms with E-state index in [4.69, 9.17) is 16.6 Å². The van der Waals surface area contributed by atoms with Crippen LogP contribution in [0.2, 0.25) is 5.02 Å². The number of nitrogens with zero attached hydrogens (tertiary/aromatic N) is 4. The first-order valence-corrected chi connectivity index (χ1v) is 11.3. The molecule has 32 heavy (non-hydrogen) atoms. The van der Waals surface area contributed by atoms with Crippen molar-refractivity contribution in [1.82, 2.24) is 19.9 Å². The van der Waals surface area contributed by atoms with E-state index in [0.717, 1.165) is 47.5 Å². The van der Waals surface area contributed by atoms with Crippen molar-refractivity contribution in [3.8, 4) is 0 Å². The smallest absolute Gasteiger partial charge is 0.239 e. The molecular formula is C23H28ClFN6O. The average molecular weight is 459 g/mol. The number of nitrogens with one attached hydrogen (secondary N) is 2. The molecule has 0 spiro atoms. The zero-order valence-electron chi connectivity index (χ0n) is 18.2. The van der Waals surface area contributed by atoms with Crippen LogP contribution in [0, 0.1) is 0 Å². The molecule has 0 unspecified atom stereocenters. The molecular weight excluding hydrogens is 431 g/mol. The maximum atomic E-state index is 12.7. The Hall–Kier alpha value is -2.87. The number of rotatable bonds is 11. The van der Waals surface area contributed by atoms with Gasteiger partial charge < -0.3 is 20.1 Å². The summed E-state index contributed by atoms with van der Waals surface area (Å²) in [6.07, 6.45) is 6.85. The summed E-state index contributed by atoms with van der Waals surface area (Å²) in [6.45, 7) is 1.09. The Morgan fingerprint density at radius 2 is 2.16 bits per heavy atom. The number of halogens is 2. The first kappa shape index (κ1) is 22.3. The number of aromatic nitrogens is 3. The van der Waals surface area contributed by atoms with Gasteiger partial charge >= 0.3 is 0 Å². The van der Waals surface area contributed by atoms with Crippen LogP contribution in [0.1, 0.15) is 31.5 Å². The molecule has 3 aromatic rings. The summed E-state index contributed by atoms with van der Waals surface area (Å²) in [5.74, 6) is 0.856. The molecule has 0 atom stereocenters. The molecule has 1 aliphatic carbocycles. The second-order valence-electron chi connectivity index (χ2n) is 8.15. The van der Waals surface area contributed by atoms with E-state index in [2.05, 4.69) is 20.2 Å². The highest BCUT2D eigenvalue weighted by Crippen LogP contribution is 2.27. The summed E-state index contributed by atoms with van der Waals surface area (Å²) in [5.41, 5.74) is 3.50. The van der Waals surface area contributed by atoms with Crippen molar-refractivity contribution in [3.63, 3.8) is 0 Å². The number of unbranched alkanes of at least 4 members (excludes halogenated alkanes) is 1. The third kappa shape index (κ3) is 5.48. The summed E-state index contributed by atoms with van der Waals surface area (Å²) >= 11 is 6.17. The zero-order chi connectivity index (χ0) is 22.5. The first-order chi connectivity index (χ1) is 15.5. The predicted octanol–water partition coefficient (Wildman–Crippen LogP) is 4.16. The van der Waals surface area contributed by atoms with Gasteiger partial charge in [0.1, 0.15) is 5.82 Å². The van der Waals surface area contributed by atoms with Crippen LogP contribution in [0.25, 0.3) is 11.0 Å². The molecule has 0 saturated heterocycles. The minimum absolute atomic E-state index is 0.00977. The average Bonchev–Trinajstić information content (AvgIpc) is 3.53. The molecule has 0 radical (unpaired) electrons. The van der Waals surface area contributed by atoms with Gasteiger partial charge in [-0.3, -0.25) is 14.2 Å². The number of imidazole rings is 1. The molecule has 1 amide bonds. The summed E-state index contributed by atoms with van der Waals surface area (Å²) < 4.78 is 14.8. The second kappa shape index (κ2) is 10.2. The van der Waals surface area contributed by atoms with Gasteiger partial charge in [0.25, 0.3) is 0 Å². The van der Waals surface area contributed by atoms with Crippen molar-refractivity contribution in [1.29, 1.82) is 0 Å². The van der Waals surface area contributed by atoms with Crippen LogP contribution < -0.4 is 15.5 Å². The van der Waals surface area contributed by atoms with E-state index in [1.807, 2.05) is 36.2 Å². The summed E-state index contributed by atoms with van der Waals surface area (Å²) in [5, 5.41) is 6.84. The van der Waals surface area contributed by atoms with Crippen LogP contribution in [0.15, 0.2) is 36.7 Å². The van der Waals surface area contributed by atoms with E-state index < -0.39 is 0 Å². The Morgan fingerprint density at radius 1 is 1.31 bits per heavy atom. The molecule has 2 heterocycles. The maximum Gasteiger partial charge on any atom is 0.239 e. The molecule has 1 fully saturated rings. The van der Waals surface area contributed by atoms with E-state index >= 15 is 0 Å². The molecule has 1 saturated carbocycles. The zero-order valence-corrected chi connectivity index (χ0v) is 18.9. The molecule has 7 nitrogen and oxygen atoms in total. The number of hydrogen-bond acceptors (Lipinski definition) is 5. The van der Waals surface area contributed by atoms with Gasteiger partial charge in [-0.05, 0) is 49.9 Å². The van der Waals surface area contributed by atoms with Gasteiger partial charge in [0.2, 0.25) is 5.91 Å². The maximum absolute atomic E-state index is 12.7. The molecule has 0 bridgehead atoms. The van der Waals surface area contributed by atoms with Crippen LogP contribution in [0.4, 0.5) is 15.8 Å². The standard InChI is InChI=1S/C23H28ClFN6O/c1-30(21-13-26-10-8-18(21)27-14-23(32)28-17-5-6-17)15-22-29-19-12-16(24)4-7-20(19)31(22)11-3-2-9-25/h4,7-8,10,12-13,17H,2-3,5-6,9,11,14-15H2,1H3,(H,26,27)(H,28,32). The summed E-state index contributed by atoms with van der Waals surface area (Å²) in [6, 6.07) is 7.85. The third-order valence-corrected chi connectivity index (χ3v) is 5.76. The Labute approximate surface area is 192 Å². The molecule has 170 valence electrons. The molecule has 2 N–H and O–H groups in total. The van der Waals surface area contributed by atoms with Crippen molar-refractivity contribution in [2.45, 2.75) is 44.8 Å². The van der Waals surface area contributed by atoms with Crippen molar-refractivity contribution >= 4 is 39.9 Å². The number of carbonyl (C=O) groups excluding carboxylic acids is 1. The largest absolute Gasteiger partial charge is 0.374 e. The fourth-order valence-electron chi connectivity index (χ4n) is 3.71. The Bertz CT molecular complexity index is 1080. The monoisotopic (exact) mass is 458 g/mol.